The van der Waals surface area contributed by atoms with Crippen molar-refractivity contribution >= 4 is 28.9 Å². The Kier molecular flexibility index (Phi) is 3.77. The Bertz CT molecular complexity index is 622. The van der Waals surface area contributed by atoms with Crippen LogP contribution in [-0.2, 0) is 6.42 Å². The van der Waals surface area contributed by atoms with Crippen molar-refractivity contribution in [3.05, 3.63) is 57.6 Å². The summed E-state index contributed by atoms with van der Waals surface area (Å²) in [5.41, 5.74) is 3.17. The molecule has 0 aliphatic heterocycles. The fraction of sp³-hybridized carbons (Fsp3) is 0.250. The second kappa shape index (κ2) is 5.55. The van der Waals surface area contributed by atoms with E-state index in [0.29, 0.717) is 15.8 Å². The molecule has 3 rings (SSSR count). The SMILES string of the molecule is Oc1ccc2c(c1)C(Nc1c(Cl)cccc1Cl)CCC2. The van der Waals surface area contributed by atoms with Crippen LogP contribution in [0.3, 0.4) is 0 Å². The van der Waals surface area contributed by atoms with Gasteiger partial charge in [-0.3, -0.25) is 0 Å². The average Bonchev–Trinajstić information content (AvgIpc) is 2.43. The Hall–Kier alpha value is -1.38. The molecule has 0 amide bonds. The smallest absolute Gasteiger partial charge is 0.115 e. The van der Waals surface area contributed by atoms with Gasteiger partial charge >= 0.3 is 0 Å². The number of halogens is 2. The van der Waals surface area contributed by atoms with Gasteiger partial charge in [0.1, 0.15) is 5.75 Å². The van der Waals surface area contributed by atoms with Crippen LogP contribution in [-0.4, -0.2) is 5.11 Å². The van der Waals surface area contributed by atoms with Gasteiger partial charge in [0.25, 0.3) is 0 Å². The number of rotatable bonds is 2. The molecule has 2 N–H and O–H groups in total. The summed E-state index contributed by atoms with van der Waals surface area (Å²) in [4.78, 5) is 0. The van der Waals surface area contributed by atoms with Gasteiger partial charge in [0.15, 0.2) is 0 Å². The number of fused-ring (bicyclic) bond motifs is 1. The Morgan fingerprint density at radius 1 is 1.10 bits per heavy atom. The quantitative estimate of drug-likeness (QED) is 0.800. The maximum atomic E-state index is 9.70. The average molecular weight is 308 g/mol. The van der Waals surface area contributed by atoms with Gasteiger partial charge in [0.05, 0.1) is 21.8 Å². The van der Waals surface area contributed by atoms with Crippen LogP contribution in [0.15, 0.2) is 36.4 Å². The molecule has 4 heteroatoms. The van der Waals surface area contributed by atoms with Crippen LogP contribution in [0.2, 0.25) is 10.0 Å². The van der Waals surface area contributed by atoms with E-state index in [2.05, 4.69) is 5.32 Å². The number of hydrogen-bond donors (Lipinski definition) is 2. The van der Waals surface area contributed by atoms with Gasteiger partial charge in [-0.2, -0.15) is 0 Å². The second-order valence-electron chi connectivity index (χ2n) is 5.07. The lowest BCUT2D eigenvalue weighted by molar-refractivity contribution is 0.471. The number of para-hydroxylation sites is 1. The maximum Gasteiger partial charge on any atom is 0.115 e. The summed E-state index contributed by atoms with van der Waals surface area (Å²) >= 11 is 12.4. The first-order valence-electron chi connectivity index (χ1n) is 6.67. The van der Waals surface area contributed by atoms with Crippen LogP contribution in [0.4, 0.5) is 5.69 Å². The fourth-order valence-electron chi connectivity index (χ4n) is 2.75. The second-order valence-corrected chi connectivity index (χ2v) is 5.88. The Balaban J connectivity index is 1.95. The summed E-state index contributed by atoms with van der Waals surface area (Å²) in [5, 5.41) is 14.4. The van der Waals surface area contributed by atoms with Gasteiger partial charge in [-0.25, -0.2) is 0 Å². The molecule has 0 saturated heterocycles. The minimum absolute atomic E-state index is 0.128. The molecule has 1 unspecified atom stereocenters. The molecule has 0 bridgehead atoms. The molecule has 104 valence electrons. The van der Waals surface area contributed by atoms with Crippen LogP contribution in [0, 0.1) is 0 Å². The lowest BCUT2D eigenvalue weighted by atomic mass is 9.87. The Morgan fingerprint density at radius 3 is 2.60 bits per heavy atom. The molecule has 0 radical (unpaired) electrons. The molecule has 1 aliphatic rings. The van der Waals surface area contributed by atoms with Gasteiger partial charge < -0.3 is 10.4 Å². The molecular weight excluding hydrogens is 293 g/mol. The van der Waals surface area contributed by atoms with E-state index in [4.69, 9.17) is 23.2 Å². The van der Waals surface area contributed by atoms with E-state index < -0.39 is 0 Å². The van der Waals surface area contributed by atoms with Crippen LogP contribution < -0.4 is 5.32 Å². The van der Waals surface area contributed by atoms with Gasteiger partial charge in [-0.15, -0.1) is 0 Å². The van der Waals surface area contributed by atoms with Crippen LogP contribution >= 0.6 is 23.2 Å². The number of benzene rings is 2. The van der Waals surface area contributed by atoms with Crippen LogP contribution in [0.25, 0.3) is 0 Å². The van der Waals surface area contributed by atoms with E-state index in [9.17, 15) is 5.11 Å². The summed E-state index contributed by atoms with van der Waals surface area (Å²) < 4.78 is 0. The van der Waals surface area contributed by atoms with Gasteiger partial charge in [-0.1, -0.05) is 35.3 Å². The van der Waals surface area contributed by atoms with Crippen molar-refractivity contribution in [3.8, 4) is 5.75 Å². The van der Waals surface area contributed by atoms with Crippen molar-refractivity contribution in [3.63, 3.8) is 0 Å². The molecule has 2 aromatic carbocycles. The molecule has 1 atom stereocenters. The van der Waals surface area contributed by atoms with E-state index in [1.165, 1.54) is 5.56 Å². The van der Waals surface area contributed by atoms with E-state index in [0.717, 1.165) is 30.5 Å². The number of anilines is 1. The number of hydrogen-bond acceptors (Lipinski definition) is 2. The van der Waals surface area contributed by atoms with Crippen molar-refractivity contribution in [2.45, 2.75) is 25.3 Å². The minimum atomic E-state index is 0.128. The third-order valence-corrected chi connectivity index (χ3v) is 4.36. The minimum Gasteiger partial charge on any atom is -0.508 e. The third-order valence-electron chi connectivity index (χ3n) is 3.73. The Morgan fingerprint density at radius 2 is 1.85 bits per heavy atom. The predicted octanol–water partition coefficient (Wildman–Crippen LogP) is 5.19. The lowest BCUT2D eigenvalue weighted by Gasteiger charge is -2.28. The van der Waals surface area contributed by atoms with Gasteiger partial charge in [-0.05, 0) is 54.7 Å². The van der Waals surface area contributed by atoms with E-state index >= 15 is 0 Å². The molecule has 2 aromatic rings. The predicted molar refractivity (Wildman–Crippen MR) is 83.9 cm³/mol. The van der Waals surface area contributed by atoms with Crippen LogP contribution in [0.1, 0.15) is 30.0 Å². The fourth-order valence-corrected chi connectivity index (χ4v) is 3.25. The zero-order valence-electron chi connectivity index (χ0n) is 10.9. The molecule has 20 heavy (non-hydrogen) atoms. The lowest BCUT2D eigenvalue weighted by Crippen LogP contribution is -2.17. The molecular formula is C16H15Cl2NO. The number of phenols is 1. The van der Waals surface area contributed by atoms with Gasteiger partial charge in [0, 0.05) is 0 Å². The summed E-state index contributed by atoms with van der Waals surface area (Å²) in [6.45, 7) is 0. The number of aromatic hydroxyl groups is 1. The molecule has 0 spiro atoms. The highest BCUT2D eigenvalue weighted by atomic mass is 35.5. The largest absolute Gasteiger partial charge is 0.508 e. The van der Waals surface area contributed by atoms with Crippen molar-refractivity contribution in [2.24, 2.45) is 0 Å². The van der Waals surface area contributed by atoms with Crippen molar-refractivity contribution in [1.82, 2.24) is 0 Å². The van der Waals surface area contributed by atoms with E-state index in [1.54, 1.807) is 6.07 Å². The highest BCUT2D eigenvalue weighted by Gasteiger charge is 2.22. The van der Waals surface area contributed by atoms with Crippen molar-refractivity contribution in [1.29, 1.82) is 0 Å². The highest BCUT2D eigenvalue weighted by Crippen LogP contribution is 2.38. The number of nitrogens with one attached hydrogen (secondary N) is 1. The Labute approximate surface area is 128 Å². The summed E-state index contributed by atoms with van der Waals surface area (Å²) in [5.74, 6) is 0.294. The standard InChI is InChI=1S/C16H15Cl2NO/c17-13-4-2-5-14(18)16(13)19-15-6-1-3-10-7-8-11(20)9-12(10)15/h2,4-5,7-9,15,19-20H,1,3,6H2. The van der Waals surface area contributed by atoms with Crippen LogP contribution in [0.5, 0.6) is 5.75 Å². The maximum absolute atomic E-state index is 9.70. The molecule has 2 nitrogen and oxygen atoms in total. The monoisotopic (exact) mass is 307 g/mol. The highest BCUT2D eigenvalue weighted by molar-refractivity contribution is 6.39. The molecule has 0 saturated carbocycles. The van der Waals surface area contributed by atoms with E-state index in [1.807, 2.05) is 30.3 Å². The zero-order valence-corrected chi connectivity index (χ0v) is 12.4. The summed E-state index contributed by atoms with van der Waals surface area (Å²) in [6.07, 6.45) is 3.15. The first-order chi connectivity index (χ1) is 9.65. The summed E-state index contributed by atoms with van der Waals surface area (Å²) in [7, 11) is 0. The molecule has 0 heterocycles. The normalized spacial score (nSPS) is 17.6. The molecule has 0 fully saturated rings. The molecule has 1 aliphatic carbocycles. The van der Waals surface area contributed by atoms with Crippen molar-refractivity contribution < 1.29 is 5.11 Å². The number of phenolic OH excluding ortho intramolecular Hbond substituents is 1. The van der Waals surface area contributed by atoms with Crippen molar-refractivity contribution in [2.75, 3.05) is 5.32 Å². The van der Waals surface area contributed by atoms with Gasteiger partial charge in [0.2, 0.25) is 0 Å². The van der Waals surface area contributed by atoms with E-state index in [-0.39, 0.29) is 6.04 Å². The first-order valence-corrected chi connectivity index (χ1v) is 7.43. The topological polar surface area (TPSA) is 32.3 Å². The zero-order chi connectivity index (χ0) is 14.1. The first kappa shape index (κ1) is 13.6. The third kappa shape index (κ3) is 2.58. The summed E-state index contributed by atoms with van der Waals surface area (Å²) in [6, 6.07) is 11.2. The number of aryl methyl sites for hydroxylation is 1. The molecule has 0 aromatic heterocycles.